The fourth-order valence-corrected chi connectivity index (χ4v) is 2.40. The molecule has 0 unspecified atom stereocenters. The number of benzene rings is 2. The van der Waals surface area contributed by atoms with Crippen molar-refractivity contribution in [1.82, 2.24) is 0 Å². The first-order valence-electron chi connectivity index (χ1n) is 7.22. The Hall–Kier alpha value is -2.57. The Morgan fingerprint density at radius 2 is 1.65 bits per heavy atom. The van der Waals surface area contributed by atoms with Gasteiger partial charge >= 0.3 is 0 Å². The van der Waals surface area contributed by atoms with Gasteiger partial charge in [-0.05, 0) is 24.3 Å². The zero-order valence-electron chi connectivity index (χ0n) is 12.3. The molecule has 0 atom stereocenters. The first-order chi connectivity index (χ1) is 11.3. The molecule has 0 fully saturated rings. The fourth-order valence-electron chi connectivity index (χ4n) is 2.40. The zero-order chi connectivity index (χ0) is 16.2. The number of hydrogen-bond acceptors (Lipinski definition) is 6. The lowest BCUT2D eigenvalue weighted by Gasteiger charge is -2.14. The van der Waals surface area contributed by atoms with Gasteiger partial charge in [0, 0.05) is 0 Å². The second-order valence-corrected chi connectivity index (χ2v) is 4.84. The van der Waals surface area contributed by atoms with E-state index in [1.807, 2.05) is 0 Å². The summed E-state index contributed by atoms with van der Waals surface area (Å²) in [6.45, 7) is -0.278. The quantitative estimate of drug-likeness (QED) is 0.673. The standard InChI is InChI=1S/C17H16O6/c18-7-9-21-14-6-5-13-15(17(14)22-10-8-19)16(20)11-3-1-2-4-12(11)23-13/h1-6,18-19H,7-10H2. The van der Waals surface area contributed by atoms with Crippen molar-refractivity contribution in [1.29, 1.82) is 0 Å². The van der Waals surface area contributed by atoms with Gasteiger partial charge in [-0.15, -0.1) is 0 Å². The van der Waals surface area contributed by atoms with Gasteiger partial charge in [0.1, 0.15) is 29.8 Å². The van der Waals surface area contributed by atoms with E-state index in [4.69, 9.17) is 24.1 Å². The lowest BCUT2D eigenvalue weighted by Crippen LogP contribution is -2.10. The molecule has 0 amide bonds. The summed E-state index contributed by atoms with van der Waals surface area (Å²) in [6, 6.07) is 10.2. The minimum Gasteiger partial charge on any atom is -0.487 e. The highest BCUT2D eigenvalue weighted by atomic mass is 16.5. The minimum absolute atomic E-state index is 0.0147. The summed E-state index contributed by atoms with van der Waals surface area (Å²) < 4.78 is 16.7. The molecule has 1 aromatic heterocycles. The van der Waals surface area contributed by atoms with Gasteiger partial charge in [-0.25, -0.2) is 0 Å². The van der Waals surface area contributed by atoms with Crippen LogP contribution in [-0.2, 0) is 0 Å². The first kappa shape index (κ1) is 15.3. The average molecular weight is 316 g/mol. The molecule has 0 spiro atoms. The number of ether oxygens (including phenoxy) is 2. The number of aliphatic hydroxyl groups excluding tert-OH is 2. The van der Waals surface area contributed by atoms with Crippen molar-refractivity contribution in [2.75, 3.05) is 26.4 Å². The third-order valence-electron chi connectivity index (χ3n) is 3.35. The van der Waals surface area contributed by atoms with Crippen LogP contribution in [0.2, 0.25) is 0 Å². The molecule has 6 nitrogen and oxygen atoms in total. The molecular formula is C17H16O6. The Balaban J connectivity index is 2.28. The Kier molecular flexibility index (Phi) is 4.45. The lowest BCUT2D eigenvalue weighted by molar-refractivity contribution is 0.179. The normalized spacial score (nSPS) is 11.0. The molecule has 120 valence electrons. The summed E-state index contributed by atoms with van der Waals surface area (Å²) in [5.74, 6) is 0.534. The summed E-state index contributed by atoms with van der Waals surface area (Å²) >= 11 is 0. The molecule has 0 aliphatic carbocycles. The minimum atomic E-state index is -0.232. The molecule has 0 bridgehead atoms. The third-order valence-corrected chi connectivity index (χ3v) is 3.35. The molecular weight excluding hydrogens is 300 g/mol. The maximum Gasteiger partial charge on any atom is 0.204 e. The second-order valence-electron chi connectivity index (χ2n) is 4.84. The highest BCUT2D eigenvalue weighted by molar-refractivity contribution is 5.94. The molecule has 1 heterocycles. The predicted molar refractivity (Wildman–Crippen MR) is 85.2 cm³/mol. The largest absolute Gasteiger partial charge is 0.487 e. The van der Waals surface area contributed by atoms with Gasteiger partial charge in [-0.1, -0.05) is 12.1 Å². The molecule has 0 aliphatic heterocycles. The van der Waals surface area contributed by atoms with E-state index in [2.05, 4.69) is 0 Å². The summed E-state index contributed by atoms with van der Waals surface area (Å²) in [4.78, 5) is 12.8. The van der Waals surface area contributed by atoms with Crippen LogP contribution in [0.5, 0.6) is 11.5 Å². The van der Waals surface area contributed by atoms with Crippen LogP contribution in [-0.4, -0.2) is 36.6 Å². The SMILES string of the molecule is O=c1c2ccccc2oc2ccc(OCCO)c(OCCO)c12. The lowest BCUT2D eigenvalue weighted by atomic mass is 10.1. The summed E-state index contributed by atoms with van der Waals surface area (Å²) in [7, 11) is 0. The van der Waals surface area contributed by atoms with Gasteiger partial charge < -0.3 is 24.1 Å². The smallest absolute Gasteiger partial charge is 0.204 e. The number of para-hydroxylation sites is 1. The van der Waals surface area contributed by atoms with E-state index in [-0.39, 0.29) is 43.0 Å². The Bertz CT molecular complexity index is 883. The Labute approximate surface area is 131 Å². The summed E-state index contributed by atoms with van der Waals surface area (Å²) in [5, 5.41) is 18.6. The summed E-state index contributed by atoms with van der Waals surface area (Å²) in [6.07, 6.45) is 0. The summed E-state index contributed by atoms with van der Waals surface area (Å²) in [5.41, 5.74) is 0.629. The molecule has 0 aliphatic rings. The number of fused-ring (bicyclic) bond motifs is 2. The van der Waals surface area contributed by atoms with Gasteiger partial charge in [0.15, 0.2) is 11.5 Å². The van der Waals surface area contributed by atoms with Crippen molar-refractivity contribution >= 4 is 21.9 Å². The number of rotatable bonds is 6. The average Bonchev–Trinajstić information content (AvgIpc) is 2.58. The molecule has 3 aromatic rings. The van der Waals surface area contributed by atoms with Gasteiger partial charge in [-0.3, -0.25) is 4.79 Å². The molecule has 2 N–H and O–H groups in total. The molecule has 0 saturated carbocycles. The molecule has 0 radical (unpaired) electrons. The van der Waals surface area contributed by atoms with Crippen molar-refractivity contribution in [2.24, 2.45) is 0 Å². The first-order valence-corrected chi connectivity index (χ1v) is 7.22. The molecule has 6 heteroatoms. The van der Waals surface area contributed by atoms with Crippen LogP contribution in [0.3, 0.4) is 0 Å². The monoisotopic (exact) mass is 316 g/mol. The van der Waals surface area contributed by atoms with Crippen LogP contribution >= 0.6 is 0 Å². The van der Waals surface area contributed by atoms with Crippen molar-refractivity contribution in [3.8, 4) is 11.5 Å². The molecule has 0 saturated heterocycles. The van der Waals surface area contributed by atoms with Crippen LogP contribution in [0, 0.1) is 0 Å². The molecule has 23 heavy (non-hydrogen) atoms. The number of hydrogen-bond donors (Lipinski definition) is 2. The topological polar surface area (TPSA) is 89.1 Å². The van der Waals surface area contributed by atoms with E-state index >= 15 is 0 Å². The Morgan fingerprint density at radius 1 is 0.913 bits per heavy atom. The van der Waals surface area contributed by atoms with Gasteiger partial charge in [0.25, 0.3) is 0 Å². The predicted octanol–water partition coefficient (Wildman–Crippen LogP) is 1.69. The van der Waals surface area contributed by atoms with Crippen LogP contribution in [0.1, 0.15) is 0 Å². The number of aliphatic hydroxyl groups is 2. The maximum atomic E-state index is 12.8. The van der Waals surface area contributed by atoms with Gasteiger partial charge in [0.2, 0.25) is 5.43 Å². The highest BCUT2D eigenvalue weighted by Gasteiger charge is 2.17. The van der Waals surface area contributed by atoms with Crippen LogP contribution < -0.4 is 14.9 Å². The van der Waals surface area contributed by atoms with Crippen LogP contribution in [0.25, 0.3) is 21.9 Å². The molecule has 3 rings (SSSR count). The Morgan fingerprint density at radius 3 is 2.43 bits per heavy atom. The van der Waals surface area contributed by atoms with Crippen molar-refractivity contribution in [3.05, 3.63) is 46.6 Å². The van der Waals surface area contributed by atoms with E-state index in [0.717, 1.165) is 0 Å². The van der Waals surface area contributed by atoms with E-state index in [0.29, 0.717) is 22.3 Å². The second kappa shape index (κ2) is 6.68. The van der Waals surface area contributed by atoms with E-state index in [1.54, 1.807) is 36.4 Å². The van der Waals surface area contributed by atoms with Gasteiger partial charge in [0.05, 0.1) is 18.6 Å². The van der Waals surface area contributed by atoms with Crippen LogP contribution in [0.4, 0.5) is 0 Å². The fraction of sp³-hybridized carbons (Fsp3) is 0.235. The maximum absolute atomic E-state index is 12.8. The zero-order valence-corrected chi connectivity index (χ0v) is 12.3. The van der Waals surface area contributed by atoms with Gasteiger partial charge in [-0.2, -0.15) is 0 Å². The van der Waals surface area contributed by atoms with Crippen molar-refractivity contribution < 1.29 is 24.1 Å². The van der Waals surface area contributed by atoms with Crippen molar-refractivity contribution in [3.63, 3.8) is 0 Å². The third kappa shape index (κ3) is 2.86. The molecule has 2 aromatic carbocycles. The van der Waals surface area contributed by atoms with Crippen LogP contribution in [0.15, 0.2) is 45.6 Å². The van der Waals surface area contributed by atoms with Crippen molar-refractivity contribution in [2.45, 2.75) is 0 Å². The van der Waals surface area contributed by atoms with E-state index in [1.165, 1.54) is 0 Å². The highest BCUT2D eigenvalue weighted by Crippen LogP contribution is 2.35. The van der Waals surface area contributed by atoms with E-state index < -0.39 is 0 Å². The van der Waals surface area contributed by atoms with E-state index in [9.17, 15) is 4.79 Å².